The first-order valence-electron chi connectivity index (χ1n) is 9.12. The summed E-state index contributed by atoms with van der Waals surface area (Å²) in [5.41, 5.74) is 10.7. The Hall–Kier alpha value is -2.20. The molecule has 0 radical (unpaired) electrons. The zero-order valence-corrected chi connectivity index (χ0v) is 15.7. The second-order valence-corrected chi connectivity index (χ2v) is 7.29. The lowest BCUT2D eigenvalue weighted by molar-refractivity contribution is -0.119. The van der Waals surface area contributed by atoms with Gasteiger partial charge in [-0.2, -0.15) is 0 Å². The fraction of sp³-hybridized carbons (Fsp3) is 0.381. The van der Waals surface area contributed by atoms with Gasteiger partial charge in [-0.05, 0) is 48.9 Å². The summed E-state index contributed by atoms with van der Waals surface area (Å²) in [5.74, 6) is 0.0949. The molecule has 2 aromatic rings. The molecule has 1 saturated carbocycles. The number of nitrogens with zero attached hydrogens (tertiary/aromatic N) is 1. The molecule has 0 bridgehead atoms. The Morgan fingerprint density at radius 3 is 2.62 bits per heavy atom. The Labute approximate surface area is 161 Å². The molecule has 1 fully saturated rings. The van der Waals surface area contributed by atoms with Crippen LogP contribution in [0.5, 0.6) is 0 Å². The van der Waals surface area contributed by atoms with E-state index in [0.29, 0.717) is 6.54 Å². The minimum atomic E-state index is 0. The summed E-state index contributed by atoms with van der Waals surface area (Å²) in [7, 11) is 0. The van der Waals surface area contributed by atoms with Crippen molar-refractivity contribution in [1.29, 1.82) is 0 Å². The molecule has 1 heterocycles. The van der Waals surface area contributed by atoms with Crippen molar-refractivity contribution >= 4 is 29.7 Å². The molecule has 3 N–H and O–H groups in total. The molecular weight excluding hydrogens is 346 g/mol. The first-order valence-corrected chi connectivity index (χ1v) is 9.12. The maximum atomic E-state index is 12.5. The third-order valence-corrected chi connectivity index (χ3v) is 5.58. The number of nitrogen functional groups attached to an aromatic ring is 1. The number of hydrogen-bond acceptors (Lipinski definition) is 3. The summed E-state index contributed by atoms with van der Waals surface area (Å²) in [6.07, 6.45) is 4.35. The number of carbonyl (C=O) groups is 1. The third-order valence-electron chi connectivity index (χ3n) is 5.58. The van der Waals surface area contributed by atoms with Crippen LogP contribution in [0.4, 0.5) is 11.4 Å². The fourth-order valence-corrected chi connectivity index (χ4v) is 3.90. The number of rotatable bonds is 5. The van der Waals surface area contributed by atoms with Gasteiger partial charge in [0.05, 0.1) is 6.54 Å². The average Bonchev–Trinajstić information content (AvgIpc) is 3.43. The Morgan fingerprint density at radius 1 is 1.12 bits per heavy atom. The number of halogens is 1. The highest BCUT2D eigenvalue weighted by Gasteiger charge is 2.44. The van der Waals surface area contributed by atoms with Gasteiger partial charge in [0.1, 0.15) is 0 Å². The van der Waals surface area contributed by atoms with Crippen LogP contribution in [0, 0.1) is 0 Å². The van der Waals surface area contributed by atoms with Crippen molar-refractivity contribution in [2.45, 2.75) is 31.1 Å². The number of amides is 1. The SMILES string of the molecule is Cl.Nc1cccc2c1CCCN2CC(=O)NCC1(c2ccccc2)CC1. The molecule has 0 spiro atoms. The van der Waals surface area contributed by atoms with Gasteiger partial charge in [0.15, 0.2) is 0 Å². The summed E-state index contributed by atoms with van der Waals surface area (Å²) in [6.45, 7) is 2.04. The van der Waals surface area contributed by atoms with Gasteiger partial charge in [0.25, 0.3) is 0 Å². The van der Waals surface area contributed by atoms with E-state index < -0.39 is 0 Å². The number of hydrogen-bond donors (Lipinski definition) is 2. The molecule has 2 aromatic carbocycles. The normalized spacial score (nSPS) is 17.0. The van der Waals surface area contributed by atoms with Crippen molar-refractivity contribution in [3.8, 4) is 0 Å². The molecule has 1 aliphatic heterocycles. The van der Waals surface area contributed by atoms with Crippen LogP contribution in [0.15, 0.2) is 48.5 Å². The van der Waals surface area contributed by atoms with Crippen LogP contribution in [0.2, 0.25) is 0 Å². The largest absolute Gasteiger partial charge is 0.398 e. The van der Waals surface area contributed by atoms with Gasteiger partial charge in [0.2, 0.25) is 5.91 Å². The summed E-state index contributed by atoms with van der Waals surface area (Å²) < 4.78 is 0. The Bertz CT molecular complexity index is 774. The number of nitrogens with two attached hydrogens (primary N) is 1. The van der Waals surface area contributed by atoms with E-state index in [0.717, 1.165) is 50.1 Å². The van der Waals surface area contributed by atoms with E-state index in [1.807, 2.05) is 18.2 Å². The molecular formula is C21H26ClN3O. The van der Waals surface area contributed by atoms with Crippen LogP contribution in [-0.4, -0.2) is 25.5 Å². The molecule has 4 rings (SSSR count). The predicted octanol–water partition coefficient (Wildman–Crippen LogP) is 3.29. The van der Waals surface area contributed by atoms with Gasteiger partial charge in [-0.25, -0.2) is 0 Å². The van der Waals surface area contributed by atoms with Gasteiger partial charge in [0, 0.05) is 29.9 Å². The predicted molar refractivity (Wildman–Crippen MR) is 109 cm³/mol. The summed E-state index contributed by atoms with van der Waals surface area (Å²) in [6, 6.07) is 16.5. The van der Waals surface area contributed by atoms with E-state index >= 15 is 0 Å². The zero-order chi connectivity index (χ0) is 17.3. The van der Waals surface area contributed by atoms with E-state index in [4.69, 9.17) is 5.73 Å². The lowest BCUT2D eigenvalue weighted by Gasteiger charge is -2.31. The third kappa shape index (κ3) is 3.65. The van der Waals surface area contributed by atoms with Crippen molar-refractivity contribution in [3.05, 3.63) is 59.7 Å². The van der Waals surface area contributed by atoms with Gasteiger partial charge >= 0.3 is 0 Å². The van der Waals surface area contributed by atoms with Crippen LogP contribution in [0.3, 0.4) is 0 Å². The monoisotopic (exact) mass is 371 g/mol. The lowest BCUT2D eigenvalue weighted by atomic mass is 9.96. The van der Waals surface area contributed by atoms with Crippen molar-refractivity contribution in [2.24, 2.45) is 0 Å². The van der Waals surface area contributed by atoms with E-state index in [-0.39, 0.29) is 23.7 Å². The molecule has 0 aromatic heterocycles. The minimum Gasteiger partial charge on any atom is -0.398 e. The Morgan fingerprint density at radius 2 is 1.88 bits per heavy atom. The Balaban J connectivity index is 0.00000196. The second-order valence-electron chi connectivity index (χ2n) is 7.29. The van der Waals surface area contributed by atoms with Gasteiger partial charge in [-0.15, -0.1) is 12.4 Å². The maximum Gasteiger partial charge on any atom is 0.239 e. The topological polar surface area (TPSA) is 58.4 Å². The van der Waals surface area contributed by atoms with Crippen molar-refractivity contribution < 1.29 is 4.79 Å². The van der Waals surface area contributed by atoms with Crippen LogP contribution in [0.25, 0.3) is 0 Å². The van der Waals surface area contributed by atoms with Crippen LogP contribution >= 0.6 is 12.4 Å². The standard InChI is InChI=1S/C21H25N3O.ClH/c22-18-9-4-10-19-17(18)8-5-13-24(19)14-20(25)23-15-21(11-12-21)16-6-2-1-3-7-16;/h1-4,6-7,9-10H,5,8,11-15,22H2,(H,23,25);1H. The molecule has 1 amide bonds. The molecule has 4 nitrogen and oxygen atoms in total. The first kappa shape index (κ1) is 18.6. The van der Waals surface area contributed by atoms with Gasteiger partial charge < -0.3 is 16.0 Å². The lowest BCUT2D eigenvalue weighted by Crippen LogP contribution is -2.42. The number of benzene rings is 2. The quantitative estimate of drug-likeness (QED) is 0.793. The molecule has 1 aliphatic carbocycles. The van der Waals surface area contributed by atoms with E-state index in [1.54, 1.807) is 0 Å². The van der Waals surface area contributed by atoms with E-state index in [1.165, 1.54) is 11.1 Å². The van der Waals surface area contributed by atoms with Crippen LogP contribution in [-0.2, 0) is 16.6 Å². The molecule has 2 aliphatic rings. The number of carbonyl (C=O) groups excluding carboxylic acids is 1. The van der Waals surface area contributed by atoms with Crippen molar-refractivity contribution in [1.82, 2.24) is 5.32 Å². The highest BCUT2D eigenvalue weighted by molar-refractivity contribution is 5.85. The van der Waals surface area contributed by atoms with Crippen LogP contribution < -0.4 is 16.0 Å². The van der Waals surface area contributed by atoms with E-state index in [9.17, 15) is 4.79 Å². The second kappa shape index (κ2) is 7.58. The van der Waals surface area contributed by atoms with Gasteiger partial charge in [-0.1, -0.05) is 36.4 Å². The molecule has 0 saturated heterocycles. The number of nitrogens with one attached hydrogen (secondary N) is 1. The number of fused-ring (bicyclic) bond motifs is 1. The zero-order valence-electron chi connectivity index (χ0n) is 14.9. The van der Waals surface area contributed by atoms with E-state index in [2.05, 4.69) is 40.5 Å². The molecule has 5 heteroatoms. The average molecular weight is 372 g/mol. The number of anilines is 2. The molecule has 0 unspecified atom stereocenters. The maximum absolute atomic E-state index is 12.5. The molecule has 26 heavy (non-hydrogen) atoms. The first-order chi connectivity index (χ1) is 12.2. The smallest absolute Gasteiger partial charge is 0.239 e. The molecule has 138 valence electrons. The highest BCUT2D eigenvalue weighted by Crippen LogP contribution is 2.47. The van der Waals surface area contributed by atoms with Crippen molar-refractivity contribution in [2.75, 3.05) is 30.3 Å². The summed E-state index contributed by atoms with van der Waals surface area (Å²) >= 11 is 0. The molecule has 0 atom stereocenters. The van der Waals surface area contributed by atoms with Crippen LogP contribution in [0.1, 0.15) is 30.4 Å². The van der Waals surface area contributed by atoms with Crippen molar-refractivity contribution in [3.63, 3.8) is 0 Å². The van der Waals surface area contributed by atoms with Gasteiger partial charge in [-0.3, -0.25) is 4.79 Å². The minimum absolute atomic E-state index is 0. The Kier molecular flexibility index (Phi) is 5.42. The fourth-order valence-electron chi connectivity index (χ4n) is 3.90. The summed E-state index contributed by atoms with van der Waals surface area (Å²) in [5, 5.41) is 3.16. The highest BCUT2D eigenvalue weighted by atomic mass is 35.5. The summed E-state index contributed by atoms with van der Waals surface area (Å²) in [4.78, 5) is 14.7.